The SMILES string of the molecule is Cc1cccc(NC(=O)c2ccnc(NCCCN(C)C)c2)c1. The molecule has 5 nitrogen and oxygen atoms in total. The van der Waals surface area contributed by atoms with Crippen LogP contribution in [0.3, 0.4) is 0 Å². The molecule has 0 aliphatic heterocycles. The molecule has 1 aromatic heterocycles. The Bertz CT molecular complexity index is 655. The number of carbonyl (C=O) groups excluding carboxylic acids is 1. The van der Waals surface area contributed by atoms with Gasteiger partial charge in [-0.1, -0.05) is 12.1 Å². The van der Waals surface area contributed by atoms with E-state index < -0.39 is 0 Å². The van der Waals surface area contributed by atoms with E-state index >= 15 is 0 Å². The maximum absolute atomic E-state index is 12.3. The van der Waals surface area contributed by atoms with E-state index in [2.05, 4.69) is 34.6 Å². The van der Waals surface area contributed by atoms with E-state index in [-0.39, 0.29) is 5.91 Å². The van der Waals surface area contributed by atoms with Crippen LogP contribution in [-0.2, 0) is 0 Å². The molecule has 0 saturated heterocycles. The summed E-state index contributed by atoms with van der Waals surface area (Å²) in [6, 6.07) is 11.2. The van der Waals surface area contributed by atoms with E-state index in [4.69, 9.17) is 0 Å². The molecule has 0 spiro atoms. The average molecular weight is 312 g/mol. The molecule has 1 aromatic carbocycles. The first-order chi connectivity index (χ1) is 11.0. The lowest BCUT2D eigenvalue weighted by molar-refractivity contribution is 0.102. The predicted molar refractivity (Wildman–Crippen MR) is 95.0 cm³/mol. The Hall–Kier alpha value is -2.40. The first-order valence-corrected chi connectivity index (χ1v) is 7.77. The van der Waals surface area contributed by atoms with Gasteiger partial charge in [0.05, 0.1) is 0 Å². The quantitative estimate of drug-likeness (QED) is 0.772. The normalized spacial score (nSPS) is 10.6. The molecule has 2 rings (SSSR count). The van der Waals surface area contributed by atoms with Crippen LogP contribution in [0, 0.1) is 6.92 Å². The third-order valence-electron chi connectivity index (χ3n) is 3.39. The van der Waals surface area contributed by atoms with Crippen molar-refractivity contribution in [3.8, 4) is 0 Å². The van der Waals surface area contributed by atoms with Crippen molar-refractivity contribution in [2.75, 3.05) is 37.8 Å². The number of rotatable bonds is 7. The monoisotopic (exact) mass is 312 g/mol. The van der Waals surface area contributed by atoms with Gasteiger partial charge in [-0.3, -0.25) is 4.79 Å². The second-order valence-corrected chi connectivity index (χ2v) is 5.84. The number of pyridine rings is 1. The van der Waals surface area contributed by atoms with Crippen molar-refractivity contribution in [1.29, 1.82) is 0 Å². The average Bonchev–Trinajstić information content (AvgIpc) is 2.52. The number of carbonyl (C=O) groups is 1. The minimum Gasteiger partial charge on any atom is -0.370 e. The van der Waals surface area contributed by atoms with Gasteiger partial charge in [0.25, 0.3) is 5.91 Å². The van der Waals surface area contributed by atoms with Crippen molar-refractivity contribution in [1.82, 2.24) is 9.88 Å². The smallest absolute Gasteiger partial charge is 0.255 e. The molecule has 0 bridgehead atoms. The summed E-state index contributed by atoms with van der Waals surface area (Å²) in [5.74, 6) is 0.593. The Balaban J connectivity index is 1.94. The summed E-state index contributed by atoms with van der Waals surface area (Å²) >= 11 is 0. The number of aromatic nitrogens is 1. The van der Waals surface area contributed by atoms with E-state index in [1.165, 1.54) is 0 Å². The number of aryl methyl sites for hydroxylation is 1. The molecule has 122 valence electrons. The van der Waals surface area contributed by atoms with E-state index in [1.54, 1.807) is 18.3 Å². The van der Waals surface area contributed by atoms with Crippen molar-refractivity contribution in [2.45, 2.75) is 13.3 Å². The van der Waals surface area contributed by atoms with Crippen molar-refractivity contribution in [2.24, 2.45) is 0 Å². The zero-order valence-corrected chi connectivity index (χ0v) is 14.0. The number of hydrogen-bond acceptors (Lipinski definition) is 4. The highest BCUT2D eigenvalue weighted by Crippen LogP contribution is 2.13. The largest absolute Gasteiger partial charge is 0.370 e. The molecule has 5 heteroatoms. The van der Waals surface area contributed by atoms with Gasteiger partial charge in [-0.15, -0.1) is 0 Å². The van der Waals surface area contributed by atoms with Crippen molar-refractivity contribution >= 4 is 17.4 Å². The number of benzene rings is 1. The van der Waals surface area contributed by atoms with Gasteiger partial charge in [-0.2, -0.15) is 0 Å². The maximum Gasteiger partial charge on any atom is 0.255 e. The lowest BCUT2D eigenvalue weighted by Crippen LogP contribution is -2.17. The first-order valence-electron chi connectivity index (χ1n) is 7.77. The Kier molecular flexibility index (Phi) is 6.11. The standard InChI is InChI=1S/C18H24N4O/c1-14-6-4-7-16(12-14)21-18(23)15-8-10-20-17(13-15)19-9-5-11-22(2)3/h4,6-8,10,12-13H,5,9,11H2,1-3H3,(H,19,20)(H,21,23). The highest BCUT2D eigenvalue weighted by atomic mass is 16.1. The molecule has 1 amide bonds. The summed E-state index contributed by atoms with van der Waals surface area (Å²) in [5, 5.41) is 6.16. The Morgan fingerprint density at radius 2 is 2.04 bits per heavy atom. The van der Waals surface area contributed by atoms with Crippen LogP contribution in [0.2, 0.25) is 0 Å². The highest BCUT2D eigenvalue weighted by molar-refractivity contribution is 6.04. The molecule has 0 fully saturated rings. The molecule has 2 aromatic rings. The number of hydrogen-bond donors (Lipinski definition) is 2. The van der Waals surface area contributed by atoms with Gasteiger partial charge in [0.15, 0.2) is 0 Å². The number of anilines is 2. The Labute approximate surface area is 137 Å². The van der Waals surface area contributed by atoms with Gasteiger partial charge in [0.1, 0.15) is 5.82 Å². The van der Waals surface area contributed by atoms with Crippen LogP contribution in [-0.4, -0.2) is 43.0 Å². The van der Waals surface area contributed by atoms with Crippen LogP contribution in [0.4, 0.5) is 11.5 Å². The third-order valence-corrected chi connectivity index (χ3v) is 3.39. The van der Waals surface area contributed by atoms with Crippen molar-refractivity contribution < 1.29 is 4.79 Å². The fourth-order valence-corrected chi connectivity index (χ4v) is 2.21. The molecule has 0 aliphatic carbocycles. The molecule has 0 aliphatic rings. The second kappa shape index (κ2) is 8.29. The molecule has 0 atom stereocenters. The van der Waals surface area contributed by atoms with E-state index in [1.807, 2.05) is 31.2 Å². The zero-order valence-electron chi connectivity index (χ0n) is 14.0. The Morgan fingerprint density at radius 3 is 2.78 bits per heavy atom. The lowest BCUT2D eigenvalue weighted by Gasteiger charge is -2.11. The van der Waals surface area contributed by atoms with E-state index in [0.717, 1.165) is 36.6 Å². The van der Waals surface area contributed by atoms with E-state index in [9.17, 15) is 4.79 Å². The minimum atomic E-state index is -0.130. The van der Waals surface area contributed by atoms with Crippen LogP contribution in [0.15, 0.2) is 42.6 Å². The molecule has 2 N–H and O–H groups in total. The Morgan fingerprint density at radius 1 is 1.22 bits per heavy atom. The fraction of sp³-hybridized carbons (Fsp3) is 0.333. The van der Waals surface area contributed by atoms with Gasteiger partial charge in [0, 0.05) is 24.0 Å². The van der Waals surface area contributed by atoms with Gasteiger partial charge >= 0.3 is 0 Å². The van der Waals surface area contributed by atoms with Crippen LogP contribution < -0.4 is 10.6 Å². The predicted octanol–water partition coefficient (Wildman–Crippen LogP) is 3.01. The molecular weight excluding hydrogens is 288 g/mol. The van der Waals surface area contributed by atoms with Gasteiger partial charge in [0.2, 0.25) is 0 Å². The van der Waals surface area contributed by atoms with Crippen LogP contribution >= 0.6 is 0 Å². The van der Waals surface area contributed by atoms with Crippen LogP contribution in [0.25, 0.3) is 0 Å². The van der Waals surface area contributed by atoms with Crippen LogP contribution in [0.5, 0.6) is 0 Å². The van der Waals surface area contributed by atoms with E-state index in [0.29, 0.717) is 5.56 Å². The topological polar surface area (TPSA) is 57.3 Å². The summed E-state index contributed by atoms with van der Waals surface area (Å²) < 4.78 is 0. The first kappa shape index (κ1) is 17.0. The van der Waals surface area contributed by atoms with Crippen LogP contribution in [0.1, 0.15) is 22.3 Å². The number of amides is 1. The van der Waals surface area contributed by atoms with Gasteiger partial charge in [-0.05, 0) is 63.8 Å². The summed E-state index contributed by atoms with van der Waals surface area (Å²) in [5.41, 5.74) is 2.50. The third kappa shape index (κ3) is 5.71. The maximum atomic E-state index is 12.3. The highest BCUT2D eigenvalue weighted by Gasteiger charge is 2.07. The molecular formula is C18H24N4O. The summed E-state index contributed by atoms with van der Waals surface area (Å²) in [7, 11) is 4.10. The molecule has 23 heavy (non-hydrogen) atoms. The summed E-state index contributed by atoms with van der Waals surface area (Å²) in [4.78, 5) is 18.7. The lowest BCUT2D eigenvalue weighted by atomic mass is 10.2. The number of nitrogens with zero attached hydrogens (tertiary/aromatic N) is 2. The zero-order chi connectivity index (χ0) is 16.7. The number of nitrogens with one attached hydrogen (secondary N) is 2. The minimum absolute atomic E-state index is 0.130. The van der Waals surface area contributed by atoms with Gasteiger partial charge < -0.3 is 15.5 Å². The second-order valence-electron chi connectivity index (χ2n) is 5.84. The summed E-state index contributed by atoms with van der Waals surface area (Å²) in [6.07, 6.45) is 2.67. The molecule has 1 heterocycles. The van der Waals surface area contributed by atoms with Gasteiger partial charge in [-0.25, -0.2) is 4.98 Å². The van der Waals surface area contributed by atoms with Crippen molar-refractivity contribution in [3.63, 3.8) is 0 Å². The molecule has 0 unspecified atom stereocenters. The molecule has 0 radical (unpaired) electrons. The summed E-state index contributed by atoms with van der Waals surface area (Å²) in [6.45, 7) is 3.84. The molecule has 0 saturated carbocycles. The van der Waals surface area contributed by atoms with Crippen molar-refractivity contribution in [3.05, 3.63) is 53.7 Å². The fourth-order valence-electron chi connectivity index (χ4n) is 2.21.